The van der Waals surface area contributed by atoms with Crippen LogP contribution in [0.2, 0.25) is 0 Å². The van der Waals surface area contributed by atoms with E-state index in [1.54, 1.807) is 4.90 Å². The lowest BCUT2D eigenvalue weighted by molar-refractivity contribution is -0.134. The minimum atomic E-state index is 0.0113. The summed E-state index contributed by atoms with van der Waals surface area (Å²) in [5.74, 6) is 0.276. The lowest BCUT2D eigenvalue weighted by atomic mass is 9.97. The van der Waals surface area contributed by atoms with Crippen molar-refractivity contribution in [2.75, 3.05) is 33.2 Å². The number of hydrogen-bond acceptors (Lipinski definition) is 3. The maximum atomic E-state index is 12.5. The molecule has 0 saturated carbocycles. The van der Waals surface area contributed by atoms with Crippen molar-refractivity contribution in [1.82, 2.24) is 15.1 Å². The highest BCUT2D eigenvalue weighted by Crippen LogP contribution is 2.17. The summed E-state index contributed by atoms with van der Waals surface area (Å²) in [6.45, 7) is 5.55. The molecule has 0 radical (unpaired) electrons. The summed E-state index contributed by atoms with van der Waals surface area (Å²) in [6.07, 6.45) is 6.56. The number of likely N-dealkylation sites (N-methyl/N-ethyl adjacent to an activating group) is 1. The average Bonchev–Trinajstić information content (AvgIpc) is 2.68. The van der Waals surface area contributed by atoms with Gasteiger partial charge in [-0.25, -0.2) is 0 Å². The Hall–Kier alpha value is -1.88. The van der Waals surface area contributed by atoms with E-state index in [-0.39, 0.29) is 17.7 Å². The van der Waals surface area contributed by atoms with Crippen molar-refractivity contribution in [2.24, 2.45) is 5.92 Å². The van der Waals surface area contributed by atoms with Crippen molar-refractivity contribution in [2.45, 2.75) is 52.0 Å². The Morgan fingerprint density at radius 2 is 1.96 bits per heavy atom. The number of rotatable bonds is 10. The van der Waals surface area contributed by atoms with Gasteiger partial charge in [-0.05, 0) is 31.4 Å². The van der Waals surface area contributed by atoms with E-state index in [1.165, 1.54) is 19.3 Å². The first-order valence-electron chi connectivity index (χ1n) is 10.4. The fourth-order valence-electron chi connectivity index (χ4n) is 3.58. The number of carbonyl (C=O) groups is 2. The molecule has 0 spiro atoms. The maximum Gasteiger partial charge on any atom is 0.236 e. The predicted molar refractivity (Wildman–Crippen MR) is 109 cm³/mol. The molecule has 27 heavy (non-hydrogen) atoms. The molecule has 2 rings (SSSR count). The molecule has 1 aliphatic heterocycles. The van der Waals surface area contributed by atoms with Crippen LogP contribution in [-0.2, 0) is 16.1 Å². The third-order valence-corrected chi connectivity index (χ3v) is 5.25. The minimum absolute atomic E-state index is 0.0113. The van der Waals surface area contributed by atoms with Gasteiger partial charge in [0.05, 0.1) is 12.5 Å². The molecule has 1 aromatic rings. The fraction of sp³-hybridized carbons (Fsp3) is 0.636. The topological polar surface area (TPSA) is 52.7 Å². The molecule has 0 bridgehead atoms. The highest BCUT2D eigenvalue weighted by Gasteiger charge is 2.27. The van der Waals surface area contributed by atoms with Crippen molar-refractivity contribution >= 4 is 11.8 Å². The Morgan fingerprint density at radius 1 is 1.19 bits per heavy atom. The van der Waals surface area contributed by atoms with Crippen LogP contribution < -0.4 is 5.32 Å². The first-order chi connectivity index (χ1) is 13.1. The molecule has 1 aliphatic rings. The molecule has 1 unspecified atom stereocenters. The van der Waals surface area contributed by atoms with Gasteiger partial charge >= 0.3 is 0 Å². The Bertz CT molecular complexity index is 576. The smallest absolute Gasteiger partial charge is 0.236 e. The van der Waals surface area contributed by atoms with Gasteiger partial charge in [-0.15, -0.1) is 0 Å². The van der Waals surface area contributed by atoms with Gasteiger partial charge in [0.25, 0.3) is 0 Å². The van der Waals surface area contributed by atoms with Gasteiger partial charge in [-0.2, -0.15) is 0 Å². The van der Waals surface area contributed by atoms with Gasteiger partial charge in [-0.3, -0.25) is 14.5 Å². The lowest BCUT2D eigenvalue weighted by Gasteiger charge is -2.32. The van der Waals surface area contributed by atoms with E-state index in [0.717, 1.165) is 37.9 Å². The Labute approximate surface area is 164 Å². The number of unbranched alkanes of at least 4 members (excludes halogenated alkanes) is 3. The fourth-order valence-corrected chi connectivity index (χ4v) is 3.58. The highest BCUT2D eigenvalue weighted by molar-refractivity contribution is 5.80. The normalized spacial score (nSPS) is 17.5. The summed E-state index contributed by atoms with van der Waals surface area (Å²) in [6, 6.07) is 10.0. The van der Waals surface area contributed by atoms with Gasteiger partial charge < -0.3 is 10.2 Å². The molecule has 0 aliphatic carbocycles. The molecular weight excluding hydrogens is 338 g/mol. The summed E-state index contributed by atoms with van der Waals surface area (Å²) in [5, 5.41) is 3.08. The van der Waals surface area contributed by atoms with E-state index in [2.05, 4.69) is 17.1 Å². The highest BCUT2D eigenvalue weighted by atomic mass is 16.2. The van der Waals surface area contributed by atoms with Crippen LogP contribution in [0.5, 0.6) is 0 Å². The monoisotopic (exact) mass is 373 g/mol. The van der Waals surface area contributed by atoms with Crippen LogP contribution in [0.4, 0.5) is 0 Å². The Kier molecular flexibility index (Phi) is 9.32. The van der Waals surface area contributed by atoms with Crippen molar-refractivity contribution in [3.8, 4) is 0 Å². The summed E-state index contributed by atoms with van der Waals surface area (Å²) in [7, 11) is 1.85. The number of carbonyl (C=O) groups excluding carboxylic acids is 2. The van der Waals surface area contributed by atoms with Crippen LogP contribution in [0.25, 0.3) is 0 Å². The molecule has 1 atom stereocenters. The maximum absolute atomic E-state index is 12.5. The predicted octanol–water partition coefficient (Wildman–Crippen LogP) is 3.05. The lowest BCUT2D eigenvalue weighted by Crippen LogP contribution is -2.46. The third-order valence-electron chi connectivity index (χ3n) is 5.25. The van der Waals surface area contributed by atoms with Crippen molar-refractivity contribution in [1.29, 1.82) is 0 Å². The number of benzene rings is 1. The first-order valence-corrected chi connectivity index (χ1v) is 10.4. The zero-order valence-electron chi connectivity index (χ0n) is 17.0. The largest absolute Gasteiger partial charge is 0.356 e. The third kappa shape index (κ3) is 7.71. The zero-order chi connectivity index (χ0) is 19.5. The van der Waals surface area contributed by atoms with Gasteiger partial charge in [0, 0.05) is 26.7 Å². The molecule has 5 nitrogen and oxygen atoms in total. The van der Waals surface area contributed by atoms with Crippen molar-refractivity contribution < 1.29 is 9.59 Å². The second-order valence-electron chi connectivity index (χ2n) is 7.66. The number of likely N-dealkylation sites (tertiary alicyclic amines) is 1. The van der Waals surface area contributed by atoms with E-state index >= 15 is 0 Å². The minimum Gasteiger partial charge on any atom is -0.356 e. The average molecular weight is 374 g/mol. The SMILES string of the molecule is CCCCCCNC(=O)C1CCCN(CC(=O)N(C)Cc2ccccc2)C1. The molecule has 1 fully saturated rings. The molecule has 0 aromatic heterocycles. The molecule has 1 saturated heterocycles. The second kappa shape index (κ2) is 11.8. The van der Waals surface area contributed by atoms with Crippen molar-refractivity contribution in [3.05, 3.63) is 35.9 Å². The van der Waals surface area contributed by atoms with E-state index in [9.17, 15) is 9.59 Å². The summed E-state index contributed by atoms with van der Waals surface area (Å²) in [5.41, 5.74) is 1.13. The quantitative estimate of drug-likeness (QED) is 0.641. The van der Waals surface area contributed by atoms with E-state index in [1.807, 2.05) is 37.4 Å². The number of piperidine rings is 1. The van der Waals surface area contributed by atoms with E-state index < -0.39 is 0 Å². The van der Waals surface area contributed by atoms with Crippen LogP contribution in [0, 0.1) is 5.92 Å². The number of nitrogens with zero attached hydrogens (tertiary/aromatic N) is 2. The molecule has 5 heteroatoms. The first kappa shape index (κ1) is 21.4. The van der Waals surface area contributed by atoms with Crippen LogP contribution in [0.15, 0.2) is 30.3 Å². The molecular formula is C22H35N3O2. The van der Waals surface area contributed by atoms with E-state index in [0.29, 0.717) is 19.6 Å². The van der Waals surface area contributed by atoms with Gasteiger partial charge in [0.1, 0.15) is 0 Å². The number of amides is 2. The molecule has 1 aromatic carbocycles. The van der Waals surface area contributed by atoms with Gasteiger partial charge in [0.15, 0.2) is 0 Å². The molecule has 1 N–H and O–H groups in total. The summed E-state index contributed by atoms with van der Waals surface area (Å²) < 4.78 is 0. The zero-order valence-corrected chi connectivity index (χ0v) is 17.0. The van der Waals surface area contributed by atoms with Crippen LogP contribution in [-0.4, -0.2) is 54.8 Å². The van der Waals surface area contributed by atoms with Crippen LogP contribution in [0.1, 0.15) is 51.0 Å². The van der Waals surface area contributed by atoms with Crippen LogP contribution in [0.3, 0.4) is 0 Å². The van der Waals surface area contributed by atoms with Crippen molar-refractivity contribution in [3.63, 3.8) is 0 Å². The van der Waals surface area contributed by atoms with Gasteiger partial charge in [-0.1, -0.05) is 56.5 Å². The number of hydrogen-bond donors (Lipinski definition) is 1. The molecule has 2 amide bonds. The Balaban J connectivity index is 1.73. The standard InChI is InChI=1S/C22H35N3O2/c1-3-4-5-9-14-23-22(27)20-13-10-15-25(17-20)18-21(26)24(2)16-19-11-7-6-8-12-19/h6-8,11-12,20H,3-5,9-10,13-18H2,1-2H3,(H,23,27). The number of nitrogens with one attached hydrogen (secondary N) is 1. The van der Waals surface area contributed by atoms with E-state index in [4.69, 9.17) is 0 Å². The van der Waals surface area contributed by atoms with Gasteiger partial charge in [0.2, 0.25) is 11.8 Å². The molecule has 150 valence electrons. The van der Waals surface area contributed by atoms with Crippen LogP contribution >= 0.6 is 0 Å². The molecule has 1 heterocycles. The summed E-state index contributed by atoms with van der Waals surface area (Å²) in [4.78, 5) is 28.9. The summed E-state index contributed by atoms with van der Waals surface area (Å²) >= 11 is 0. The second-order valence-corrected chi connectivity index (χ2v) is 7.66. The Morgan fingerprint density at radius 3 is 2.70 bits per heavy atom.